The predicted molar refractivity (Wildman–Crippen MR) is 82.9 cm³/mol. The Morgan fingerprint density at radius 1 is 1.20 bits per heavy atom. The molecule has 2 nitrogen and oxygen atoms in total. The van der Waals surface area contributed by atoms with Crippen molar-refractivity contribution in [3.63, 3.8) is 0 Å². The van der Waals surface area contributed by atoms with E-state index in [-0.39, 0.29) is 12.2 Å². The molecule has 0 aromatic heterocycles. The van der Waals surface area contributed by atoms with E-state index in [4.69, 9.17) is 17.3 Å². The molecule has 0 heterocycles. The maximum absolute atomic E-state index is 12.5. The first-order valence-electron chi connectivity index (χ1n) is 6.54. The number of benzene rings is 2. The van der Waals surface area contributed by atoms with Gasteiger partial charge in [0, 0.05) is 11.4 Å². The van der Waals surface area contributed by atoms with Crippen LogP contribution in [0.25, 0.3) is 0 Å². The van der Waals surface area contributed by atoms with Crippen LogP contribution >= 0.6 is 11.6 Å². The summed E-state index contributed by atoms with van der Waals surface area (Å²) < 4.78 is 0. The molecule has 2 aromatic rings. The number of aryl methyl sites for hydroxylation is 1. The Morgan fingerprint density at radius 2 is 1.85 bits per heavy atom. The number of rotatable bonds is 4. The highest BCUT2D eigenvalue weighted by Crippen LogP contribution is 2.24. The molecule has 0 saturated heterocycles. The lowest BCUT2D eigenvalue weighted by atomic mass is 9.86. The van der Waals surface area contributed by atoms with Crippen LogP contribution in [0.2, 0.25) is 5.02 Å². The normalized spacial score (nSPS) is 13.8. The summed E-state index contributed by atoms with van der Waals surface area (Å²) >= 11 is 6.18. The van der Waals surface area contributed by atoms with Crippen molar-refractivity contribution in [2.45, 2.75) is 25.8 Å². The van der Waals surface area contributed by atoms with Crippen molar-refractivity contribution in [1.82, 2.24) is 0 Å². The summed E-state index contributed by atoms with van der Waals surface area (Å²) in [5.74, 6) is -0.0468. The van der Waals surface area contributed by atoms with E-state index in [1.165, 1.54) is 0 Å². The van der Waals surface area contributed by atoms with Gasteiger partial charge in [-0.1, -0.05) is 54.1 Å². The summed E-state index contributed by atoms with van der Waals surface area (Å²) in [6.45, 7) is 3.71. The third-order valence-corrected chi connectivity index (χ3v) is 3.86. The van der Waals surface area contributed by atoms with Gasteiger partial charge in [-0.2, -0.15) is 0 Å². The van der Waals surface area contributed by atoms with Crippen LogP contribution in [0.4, 0.5) is 0 Å². The van der Waals surface area contributed by atoms with Gasteiger partial charge in [-0.25, -0.2) is 0 Å². The SMILES string of the molecule is Cc1ccc(CC(=O)C(C)(N)c2ccccc2)c(Cl)c1. The van der Waals surface area contributed by atoms with Gasteiger partial charge in [-0.05, 0) is 36.6 Å². The quantitative estimate of drug-likeness (QED) is 0.933. The van der Waals surface area contributed by atoms with Gasteiger partial charge in [0.05, 0.1) is 5.54 Å². The van der Waals surface area contributed by atoms with Crippen molar-refractivity contribution in [2.75, 3.05) is 0 Å². The van der Waals surface area contributed by atoms with Crippen molar-refractivity contribution < 1.29 is 4.79 Å². The number of halogens is 1. The van der Waals surface area contributed by atoms with Crippen molar-refractivity contribution >= 4 is 17.4 Å². The highest BCUT2D eigenvalue weighted by molar-refractivity contribution is 6.31. The second-order valence-corrected chi connectivity index (χ2v) is 5.67. The first kappa shape index (κ1) is 14.8. The third-order valence-electron chi connectivity index (χ3n) is 3.51. The molecule has 1 unspecified atom stereocenters. The standard InChI is InChI=1S/C17H18ClNO/c1-12-8-9-13(15(18)10-12)11-16(20)17(2,19)14-6-4-3-5-7-14/h3-10H,11,19H2,1-2H3. The molecule has 2 rings (SSSR count). The minimum absolute atomic E-state index is 0.0468. The molecule has 0 amide bonds. The smallest absolute Gasteiger partial charge is 0.161 e. The number of hydrogen-bond acceptors (Lipinski definition) is 2. The topological polar surface area (TPSA) is 43.1 Å². The van der Waals surface area contributed by atoms with Crippen molar-refractivity contribution in [3.05, 3.63) is 70.2 Å². The second kappa shape index (κ2) is 5.78. The van der Waals surface area contributed by atoms with E-state index in [9.17, 15) is 4.79 Å². The molecule has 0 aliphatic rings. The van der Waals surface area contributed by atoms with Crippen LogP contribution in [0.1, 0.15) is 23.6 Å². The molecular weight excluding hydrogens is 270 g/mol. The van der Waals surface area contributed by atoms with Crippen LogP contribution in [0.15, 0.2) is 48.5 Å². The lowest BCUT2D eigenvalue weighted by Crippen LogP contribution is -2.42. The molecule has 2 aromatic carbocycles. The Morgan fingerprint density at radius 3 is 2.45 bits per heavy atom. The molecule has 0 spiro atoms. The van der Waals surface area contributed by atoms with E-state index < -0.39 is 5.54 Å². The zero-order valence-corrected chi connectivity index (χ0v) is 12.4. The average Bonchev–Trinajstić information content (AvgIpc) is 2.42. The molecular formula is C17H18ClNO. The first-order chi connectivity index (χ1) is 9.41. The maximum atomic E-state index is 12.5. The third kappa shape index (κ3) is 3.09. The zero-order valence-electron chi connectivity index (χ0n) is 11.7. The summed E-state index contributed by atoms with van der Waals surface area (Å²) in [6.07, 6.45) is 0.237. The van der Waals surface area contributed by atoms with Crippen LogP contribution in [0.5, 0.6) is 0 Å². The van der Waals surface area contributed by atoms with Crippen LogP contribution in [-0.2, 0) is 16.8 Å². The highest BCUT2D eigenvalue weighted by atomic mass is 35.5. The van der Waals surface area contributed by atoms with Crippen LogP contribution in [0, 0.1) is 6.92 Å². The molecule has 0 fully saturated rings. The van der Waals surface area contributed by atoms with Crippen molar-refractivity contribution in [1.29, 1.82) is 0 Å². The molecule has 2 N–H and O–H groups in total. The molecule has 0 aliphatic carbocycles. The van der Waals surface area contributed by atoms with Crippen molar-refractivity contribution in [3.8, 4) is 0 Å². The fourth-order valence-electron chi connectivity index (χ4n) is 2.10. The molecule has 0 bridgehead atoms. The second-order valence-electron chi connectivity index (χ2n) is 5.26. The van der Waals surface area contributed by atoms with Gasteiger partial charge in [-0.15, -0.1) is 0 Å². The van der Waals surface area contributed by atoms with Gasteiger partial charge in [0.1, 0.15) is 0 Å². The summed E-state index contributed by atoms with van der Waals surface area (Å²) in [6, 6.07) is 15.1. The van der Waals surface area contributed by atoms with E-state index in [0.29, 0.717) is 5.02 Å². The minimum atomic E-state index is -1.00. The zero-order chi connectivity index (χ0) is 14.8. The lowest BCUT2D eigenvalue weighted by Gasteiger charge is -2.24. The number of carbonyl (C=O) groups excluding carboxylic acids is 1. The fourth-order valence-corrected chi connectivity index (χ4v) is 2.40. The van der Waals surface area contributed by atoms with Gasteiger partial charge < -0.3 is 5.73 Å². The molecule has 0 saturated carbocycles. The minimum Gasteiger partial charge on any atom is -0.315 e. The molecule has 1 atom stereocenters. The van der Waals surface area contributed by atoms with Gasteiger partial charge in [0.25, 0.3) is 0 Å². The number of hydrogen-bond donors (Lipinski definition) is 1. The van der Waals surface area contributed by atoms with E-state index >= 15 is 0 Å². The first-order valence-corrected chi connectivity index (χ1v) is 6.92. The van der Waals surface area contributed by atoms with E-state index in [2.05, 4.69) is 0 Å². The molecule has 20 heavy (non-hydrogen) atoms. The number of ketones is 1. The summed E-state index contributed by atoms with van der Waals surface area (Å²) in [5.41, 5.74) is 7.91. The number of Topliss-reactive ketones (excluding diaryl/α,β-unsaturated/α-hetero) is 1. The van der Waals surface area contributed by atoms with E-state index in [0.717, 1.165) is 16.7 Å². The molecule has 104 valence electrons. The average molecular weight is 288 g/mol. The van der Waals surface area contributed by atoms with Gasteiger partial charge in [-0.3, -0.25) is 4.79 Å². The summed E-state index contributed by atoms with van der Waals surface area (Å²) in [7, 11) is 0. The van der Waals surface area contributed by atoms with Crippen LogP contribution < -0.4 is 5.73 Å². The number of nitrogens with two attached hydrogens (primary N) is 1. The maximum Gasteiger partial charge on any atom is 0.161 e. The van der Waals surface area contributed by atoms with Crippen molar-refractivity contribution in [2.24, 2.45) is 5.73 Å². The molecule has 0 radical (unpaired) electrons. The van der Waals surface area contributed by atoms with E-state index in [1.807, 2.05) is 55.5 Å². The lowest BCUT2D eigenvalue weighted by molar-refractivity contribution is -0.123. The Bertz CT molecular complexity index is 620. The summed E-state index contributed by atoms with van der Waals surface area (Å²) in [4.78, 5) is 12.5. The van der Waals surface area contributed by atoms with Gasteiger partial charge >= 0.3 is 0 Å². The Kier molecular flexibility index (Phi) is 4.26. The Balaban J connectivity index is 2.23. The largest absolute Gasteiger partial charge is 0.315 e. The van der Waals surface area contributed by atoms with E-state index in [1.54, 1.807) is 6.92 Å². The summed E-state index contributed by atoms with van der Waals surface area (Å²) in [5, 5.41) is 0.613. The van der Waals surface area contributed by atoms with Crippen LogP contribution in [0.3, 0.4) is 0 Å². The fraction of sp³-hybridized carbons (Fsp3) is 0.235. The molecule has 0 aliphatic heterocycles. The Hall–Kier alpha value is -1.64. The monoisotopic (exact) mass is 287 g/mol. The molecule has 3 heteroatoms. The van der Waals surface area contributed by atoms with Gasteiger partial charge in [0.15, 0.2) is 5.78 Å². The van der Waals surface area contributed by atoms with Gasteiger partial charge in [0.2, 0.25) is 0 Å². The van der Waals surface area contributed by atoms with Crippen LogP contribution in [-0.4, -0.2) is 5.78 Å². The number of carbonyl (C=O) groups is 1. The Labute approximate surface area is 124 Å². The predicted octanol–water partition coefficient (Wildman–Crippen LogP) is 3.63. The highest BCUT2D eigenvalue weighted by Gasteiger charge is 2.30.